The van der Waals surface area contributed by atoms with Crippen molar-refractivity contribution >= 4 is 16.2 Å². The molecule has 0 aliphatic rings. The first-order valence-corrected chi connectivity index (χ1v) is 4.28. The molecule has 68 valence electrons. The van der Waals surface area contributed by atoms with Gasteiger partial charge in [0.2, 0.25) is 0 Å². The Morgan fingerprint density at radius 2 is 2.00 bits per heavy atom. The zero-order valence-corrected chi connectivity index (χ0v) is 7.05. The molecular formula is C6H7FO4S. The fourth-order valence-electron chi connectivity index (χ4n) is 0.341. The molecule has 0 unspecified atom stereocenters. The number of rotatable bonds is 3. The zero-order chi connectivity index (χ0) is 9.61. The molecule has 12 heavy (non-hydrogen) atoms. The molecule has 0 N–H and O–H groups in total. The van der Waals surface area contributed by atoms with Gasteiger partial charge in [0.05, 0.1) is 12.5 Å². The lowest BCUT2D eigenvalue weighted by atomic mass is 10.5. The fourth-order valence-corrected chi connectivity index (χ4v) is 0.620. The van der Waals surface area contributed by atoms with Crippen molar-refractivity contribution in [3.8, 4) is 0 Å². The maximum absolute atomic E-state index is 11.7. The van der Waals surface area contributed by atoms with Crippen LogP contribution in [0.3, 0.4) is 0 Å². The van der Waals surface area contributed by atoms with E-state index in [2.05, 4.69) is 4.74 Å². The number of carbonyl (C=O) groups excluding carboxylic acids is 1. The molecule has 0 aliphatic heterocycles. The molecule has 0 aromatic carbocycles. The molecule has 0 heterocycles. The average Bonchev–Trinajstić information content (AvgIpc) is 1.96. The molecule has 0 spiro atoms. The van der Waals surface area contributed by atoms with Gasteiger partial charge in [0, 0.05) is 6.08 Å². The average molecular weight is 194 g/mol. The van der Waals surface area contributed by atoms with Gasteiger partial charge >= 0.3 is 16.2 Å². The van der Waals surface area contributed by atoms with E-state index in [1.54, 1.807) is 0 Å². The second-order valence-electron chi connectivity index (χ2n) is 1.69. The summed E-state index contributed by atoms with van der Waals surface area (Å²) < 4.78 is 35.6. The standard InChI is InChI=1S/C6H7FO4S/c1-11-6(8)4-2-3-5-12(7,9)10/h2-5H,1H3/b4-2+,5-3+. The number of hydrogen-bond donors (Lipinski definition) is 0. The lowest BCUT2D eigenvalue weighted by molar-refractivity contribution is -0.134. The minimum absolute atomic E-state index is 0.326. The Kier molecular flexibility index (Phi) is 4.20. The van der Waals surface area contributed by atoms with Gasteiger partial charge in [-0.3, -0.25) is 0 Å². The second-order valence-corrected chi connectivity index (χ2v) is 2.91. The SMILES string of the molecule is COC(=O)/C=C/C=C/S(=O)(=O)F. The van der Waals surface area contributed by atoms with Crippen LogP contribution in [0, 0.1) is 0 Å². The monoisotopic (exact) mass is 194 g/mol. The van der Waals surface area contributed by atoms with E-state index >= 15 is 0 Å². The summed E-state index contributed by atoms with van der Waals surface area (Å²) in [5.41, 5.74) is 0. The third-order valence-corrected chi connectivity index (χ3v) is 1.27. The summed E-state index contributed by atoms with van der Waals surface area (Å²) in [5.74, 6) is -0.643. The Labute approximate surface area is 69.5 Å². The minimum Gasteiger partial charge on any atom is -0.466 e. The Hall–Kier alpha value is -1.17. The molecule has 0 aliphatic carbocycles. The molecule has 0 aromatic heterocycles. The predicted octanol–water partition coefficient (Wildman–Crippen LogP) is 0.529. The van der Waals surface area contributed by atoms with Gasteiger partial charge in [-0.2, -0.15) is 8.42 Å². The van der Waals surface area contributed by atoms with Gasteiger partial charge in [-0.1, -0.05) is 6.08 Å². The van der Waals surface area contributed by atoms with Crippen LogP contribution in [0.4, 0.5) is 3.89 Å². The van der Waals surface area contributed by atoms with Gasteiger partial charge in [0.15, 0.2) is 0 Å². The van der Waals surface area contributed by atoms with E-state index in [9.17, 15) is 17.1 Å². The van der Waals surface area contributed by atoms with Crippen molar-refractivity contribution in [3.63, 3.8) is 0 Å². The van der Waals surface area contributed by atoms with Crippen LogP contribution in [0.2, 0.25) is 0 Å². The van der Waals surface area contributed by atoms with E-state index in [-0.39, 0.29) is 0 Å². The van der Waals surface area contributed by atoms with Crippen molar-refractivity contribution in [2.45, 2.75) is 0 Å². The van der Waals surface area contributed by atoms with E-state index in [4.69, 9.17) is 0 Å². The van der Waals surface area contributed by atoms with Gasteiger partial charge < -0.3 is 4.74 Å². The van der Waals surface area contributed by atoms with E-state index in [1.165, 1.54) is 7.11 Å². The van der Waals surface area contributed by atoms with Crippen LogP contribution < -0.4 is 0 Å². The van der Waals surface area contributed by atoms with Crippen LogP contribution >= 0.6 is 0 Å². The number of ether oxygens (including phenoxy) is 1. The van der Waals surface area contributed by atoms with Gasteiger partial charge in [-0.25, -0.2) is 4.79 Å². The predicted molar refractivity (Wildman–Crippen MR) is 40.3 cm³/mol. The maximum Gasteiger partial charge on any atom is 0.330 e. The molecule has 0 bridgehead atoms. The Balaban J connectivity index is 4.08. The number of hydrogen-bond acceptors (Lipinski definition) is 4. The molecule has 0 fully saturated rings. The minimum atomic E-state index is -4.61. The Morgan fingerprint density at radius 1 is 1.42 bits per heavy atom. The number of esters is 1. The first-order chi connectivity index (χ1) is 5.45. The van der Waals surface area contributed by atoms with Crippen molar-refractivity contribution < 1.29 is 21.8 Å². The number of allylic oxidation sites excluding steroid dienone is 2. The summed E-state index contributed by atoms with van der Waals surface area (Å²) in [6, 6.07) is 0. The Morgan fingerprint density at radius 3 is 2.42 bits per heavy atom. The number of carbonyl (C=O) groups is 1. The Bertz CT molecular complexity index is 302. The molecule has 0 saturated carbocycles. The third kappa shape index (κ3) is 6.94. The fraction of sp³-hybridized carbons (Fsp3) is 0.167. The smallest absolute Gasteiger partial charge is 0.330 e. The van der Waals surface area contributed by atoms with Gasteiger partial charge in [-0.05, 0) is 6.08 Å². The molecule has 6 heteroatoms. The second kappa shape index (κ2) is 4.66. The van der Waals surface area contributed by atoms with Gasteiger partial charge in [-0.15, -0.1) is 3.89 Å². The highest BCUT2D eigenvalue weighted by atomic mass is 32.3. The van der Waals surface area contributed by atoms with Crippen molar-refractivity contribution in [2.24, 2.45) is 0 Å². The lowest BCUT2D eigenvalue weighted by Crippen LogP contribution is -1.92. The first-order valence-electron chi connectivity index (χ1n) is 2.83. The lowest BCUT2D eigenvalue weighted by Gasteiger charge is -1.85. The summed E-state index contributed by atoms with van der Waals surface area (Å²) >= 11 is 0. The molecule has 0 aromatic rings. The van der Waals surface area contributed by atoms with Gasteiger partial charge in [0.1, 0.15) is 0 Å². The quantitative estimate of drug-likeness (QED) is 0.284. The van der Waals surface area contributed by atoms with Crippen LogP contribution in [-0.2, 0) is 19.8 Å². The largest absolute Gasteiger partial charge is 0.466 e. The summed E-state index contributed by atoms with van der Waals surface area (Å²) in [4.78, 5) is 10.4. The number of methoxy groups -OCH3 is 1. The topological polar surface area (TPSA) is 60.4 Å². The van der Waals surface area contributed by atoms with Crippen LogP contribution in [0.5, 0.6) is 0 Å². The van der Waals surface area contributed by atoms with Crippen LogP contribution in [0.15, 0.2) is 23.6 Å². The van der Waals surface area contributed by atoms with Crippen molar-refractivity contribution in [1.29, 1.82) is 0 Å². The molecule has 4 nitrogen and oxygen atoms in total. The summed E-state index contributed by atoms with van der Waals surface area (Å²) in [6.07, 6.45) is 2.90. The highest BCUT2D eigenvalue weighted by Gasteiger charge is 1.96. The van der Waals surface area contributed by atoms with Crippen molar-refractivity contribution in [3.05, 3.63) is 23.6 Å². The molecule has 0 saturated heterocycles. The normalized spacial score (nSPS) is 12.5. The van der Waals surface area contributed by atoms with Crippen molar-refractivity contribution in [2.75, 3.05) is 7.11 Å². The van der Waals surface area contributed by atoms with Crippen LogP contribution in [0.25, 0.3) is 0 Å². The van der Waals surface area contributed by atoms with Crippen LogP contribution in [-0.4, -0.2) is 21.5 Å². The van der Waals surface area contributed by atoms with E-state index in [0.717, 1.165) is 18.2 Å². The summed E-state index contributed by atoms with van der Waals surface area (Å²) in [6.45, 7) is 0. The molecule has 0 radical (unpaired) electrons. The highest BCUT2D eigenvalue weighted by Crippen LogP contribution is 1.92. The molecule has 0 atom stereocenters. The zero-order valence-electron chi connectivity index (χ0n) is 6.23. The summed E-state index contributed by atoms with van der Waals surface area (Å²) in [7, 11) is -3.44. The molecule has 0 amide bonds. The third-order valence-electron chi connectivity index (χ3n) is 0.786. The number of halogens is 1. The summed E-state index contributed by atoms with van der Waals surface area (Å²) in [5, 5.41) is 0.326. The maximum atomic E-state index is 11.7. The van der Waals surface area contributed by atoms with Crippen molar-refractivity contribution in [1.82, 2.24) is 0 Å². The molecular weight excluding hydrogens is 187 g/mol. The van der Waals surface area contributed by atoms with Crippen LogP contribution in [0.1, 0.15) is 0 Å². The van der Waals surface area contributed by atoms with E-state index < -0.39 is 16.2 Å². The van der Waals surface area contributed by atoms with E-state index in [1.807, 2.05) is 0 Å². The van der Waals surface area contributed by atoms with E-state index in [0.29, 0.717) is 5.41 Å². The van der Waals surface area contributed by atoms with Gasteiger partial charge in [0.25, 0.3) is 0 Å². The first kappa shape index (κ1) is 10.8. The molecule has 0 rings (SSSR count). The highest BCUT2D eigenvalue weighted by molar-refractivity contribution is 7.89.